The molecule has 0 unspecified atom stereocenters. The molecule has 33 heavy (non-hydrogen) atoms. The number of aryl methyl sites for hydroxylation is 1. The highest BCUT2D eigenvalue weighted by Crippen LogP contribution is 2.34. The van der Waals surface area contributed by atoms with Crippen molar-refractivity contribution in [3.05, 3.63) is 71.4 Å². The number of pyridine rings is 1. The zero-order valence-corrected chi connectivity index (χ0v) is 18.4. The van der Waals surface area contributed by atoms with Crippen LogP contribution in [0.2, 0.25) is 5.02 Å². The normalized spacial score (nSPS) is 10.9. The van der Waals surface area contributed by atoms with Gasteiger partial charge in [-0.25, -0.2) is 9.97 Å². The Bertz CT molecular complexity index is 1480. The van der Waals surface area contributed by atoms with Gasteiger partial charge in [-0.1, -0.05) is 11.6 Å². The van der Waals surface area contributed by atoms with Gasteiger partial charge in [0.15, 0.2) is 11.5 Å². The van der Waals surface area contributed by atoms with E-state index in [-0.39, 0.29) is 5.69 Å². The number of halogens is 1. The van der Waals surface area contributed by atoms with Crippen molar-refractivity contribution in [1.29, 1.82) is 5.26 Å². The first-order valence-corrected chi connectivity index (χ1v) is 10.6. The topological polar surface area (TPSA) is 121 Å². The quantitative estimate of drug-likeness (QED) is 0.397. The van der Waals surface area contributed by atoms with Gasteiger partial charge in [-0.2, -0.15) is 15.5 Å². The van der Waals surface area contributed by atoms with E-state index in [1.807, 2.05) is 37.5 Å². The van der Waals surface area contributed by atoms with Crippen LogP contribution in [-0.4, -0.2) is 41.5 Å². The molecule has 0 bridgehead atoms. The Hall–Kier alpha value is -4.29. The van der Waals surface area contributed by atoms with Gasteiger partial charge >= 0.3 is 0 Å². The Morgan fingerprint density at radius 3 is 2.76 bits per heavy atom. The number of H-pyrrole nitrogens is 1. The van der Waals surface area contributed by atoms with E-state index >= 15 is 0 Å². The number of aromatic amines is 1. The predicted molar refractivity (Wildman–Crippen MR) is 125 cm³/mol. The smallest absolute Gasteiger partial charge is 0.183 e. The molecule has 0 aliphatic carbocycles. The number of fused-ring (bicyclic) bond motifs is 1. The molecule has 0 saturated carbocycles. The molecule has 0 aliphatic heterocycles. The molecular weight excluding hydrogens is 438 g/mol. The maximum Gasteiger partial charge on any atom is 0.183 e. The molecule has 0 fully saturated rings. The van der Waals surface area contributed by atoms with E-state index in [2.05, 4.69) is 36.7 Å². The van der Waals surface area contributed by atoms with Crippen molar-refractivity contribution in [2.75, 3.05) is 11.9 Å². The molecule has 0 radical (unpaired) electrons. The van der Waals surface area contributed by atoms with Crippen LogP contribution in [0.15, 0.2) is 55.1 Å². The van der Waals surface area contributed by atoms with E-state index in [0.717, 1.165) is 28.5 Å². The lowest BCUT2D eigenvalue weighted by Crippen LogP contribution is -2.11. The van der Waals surface area contributed by atoms with Crippen LogP contribution in [0.5, 0.6) is 0 Å². The number of hydrogen-bond donors (Lipinski definition) is 2. The fourth-order valence-electron chi connectivity index (χ4n) is 3.58. The summed E-state index contributed by atoms with van der Waals surface area (Å²) < 4.78 is 1.70. The average molecular weight is 456 g/mol. The summed E-state index contributed by atoms with van der Waals surface area (Å²) in [6.45, 7) is 0.585. The van der Waals surface area contributed by atoms with E-state index in [9.17, 15) is 5.26 Å². The van der Waals surface area contributed by atoms with Gasteiger partial charge in [0.05, 0.1) is 16.7 Å². The molecule has 0 spiro atoms. The Kier molecular flexibility index (Phi) is 5.42. The molecule has 9 nitrogen and oxygen atoms in total. The van der Waals surface area contributed by atoms with Crippen LogP contribution in [0.3, 0.4) is 0 Å². The van der Waals surface area contributed by atoms with Gasteiger partial charge < -0.3 is 5.32 Å². The van der Waals surface area contributed by atoms with Crippen LogP contribution in [0.25, 0.3) is 33.5 Å². The lowest BCUT2D eigenvalue weighted by Gasteiger charge is -2.13. The molecule has 5 aromatic rings. The van der Waals surface area contributed by atoms with Gasteiger partial charge in [-0.05, 0) is 42.3 Å². The maximum absolute atomic E-state index is 9.80. The molecule has 1 aromatic carbocycles. The van der Waals surface area contributed by atoms with Crippen molar-refractivity contribution in [3.63, 3.8) is 0 Å². The Morgan fingerprint density at radius 1 is 1.15 bits per heavy atom. The number of aromatic nitrogens is 7. The molecule has 162 valence electrons. The third kappa shape index (κ3) is 4.12. The predicted octanol–water partition coefficient (Wildman–Crippen LogP) is 4.00. The molecule has 4 heterocycles. The number of nitrogens with one attached hydrogen (secondary N) is 2. The molecule has 5 rings (SSSR count). The minimum atomic E-state index is 0.197. The lowest BCUT2D eigenvalue weighted by molar-refractivity contribution is 0.770. The Labute approximate surface area is 194 Å². The Balaban J connectivity index is 1.58. The van der Waals surface area contributed by atoms with E-state index in [1.165, 1.54) is 0 Å². The second kappa shape index (κ2) is 8.68. The van der Waals surface area contributed by atoms with Crippen LogP contribution < -0.4 is 5.32 Å². The van der Waals surface area contributed by atoms with Crippen molar-refractivity contribution >= 4 is 28.3 Å². The van der Waals surface area contributed by atoms with Crippen LogP contribution >= 0.6 is 11.6 Å². The maximum atomic E-state index is 9.80. The van der Waals surface area contributed by atoms with Crippen LogP contribution in [0.1, 0.15) is 11.3 Å². The van der Waals surface area contributed by atoms with Crippen molar-refractivity contribution in [2.24, 2.45) is 7.05 Å². The Morgan fingerprint density at radius 2 is 2.00 bits per heavy atom. The average Bonchev–Trinajstić information content (AvgIpc) is 3.48. The van der Waals surface area contributed by atoms with E-state index in [0.29, 0.717) is 34.5 Å². The monoisotopic (exact) mass is 455 g/mol. The summed E-state index contributed by atoms with van der Waals surface area (Å²) in [7, 11) is 1.84. The second-order valence-electron chi connectivity index (χ2n) is 7.43. The number of benzene rings is 1. The number of hydrogen-bond acceptors (Lipinski definition) is 7. The third-order valence-corrected chi connectivity index (χ3v) is 5.49. The number of nitrogens with zero attached hydrogens (tertiary/aromatic N) is 7. The van der Waals surface area contributed by atoms with E-state index in [4.69, 9.17) is 16.6 Å². The van der Waals surface area contributed by atoms with Crippen molar-refractivity contribution in [1.82, 2.24) is 34.9 Å². The summed E-state index contributed by atoms with van der Waals surface area (Å²) in [4.78, 5) is 13.5. The zero-order chi connectivity index (χ0) is 22.8. The summed E-state index contributed by atoms with van der Waals surface area (Å²) in [5.41, 5.74) is 4.51. The van der Waals surface area contributed by atoms with Crippen LogP contribution in [0.4, 0.5) is 5.82 Å². The molecular formula is C23H18ClN9. The first kappa shape index (κ1) is 20.6. The van der Waals surface area contributed by atoms with Gasteiger partial charge in [0.25, 0.3) is 0 Å². The second-order valence-corrected chi connectivity index (χ2v) is 7.84. The molecule has 4 aromatic heterocycles. The van der Waals surface area contributed by atoms with Crippen molar-refractivity contribution < 1.29 is 0 Å². The zero-order valence-electron chi connectivity index (χ0n) is 17.6. The molecule has 0 atom stereocenters. The number of anilines is 1. The highest BCUT2D eigenvalue weighted by atomic mass is 35.5. The van der Waals surface area contributed by atoms with Gasteiger partial charge in [0, 0.05) is 43.1 Å². The minimum Gasteiger partial charge on any atom is -0.367 e. The van der Waals surface area contributed by atoms with Gasteiger partial charge in [-0.15, -0.1) is 0 Å². The molecule has 10 heteroatoms. The standard InChI is InChI=1S/C23H18ClN9/c1-33-9-5-18(32-33)22-21(15-10-16-13-28-31-20(16)17(24)11-15)29-19(12-25)23(30-22)27-8-4-14-2-6-26-7-3-14/h2-3,5-7,9-11,13H,4,8H2,1H3,(H,27,30)(H,28,31). The highest BCUT2D eigenvalue weighted by Gasteiger charge is 2.20. The summed E-state index contributed by atoms with van der Waals surface area (Å²) in [6.07, 6.45) is 7.79. The molecule has 0 aliphatic rings. The van der Waals surface area contributed by atoms with Crippen LogP contribution in [0, 0.1) is 11.3 Å². The first-order chi connectivity index (χ1) is 16.1. The summed E-state index contributed by atoms with van der Waals surface area (Å²) >= 11 is 6.47. The van der Waals surface area contributed by atoms with E-state index < -0.39 is 0 Å². The van der Waals surface area contributed by atoms with Crippen LogP contribution in [-0.2, 0) is 13.5 Å². The molecule has 0 amide bonds. The fourth-order valence-corrected chi connectivity index (χ4v) is 3.85. The number of rotatable bonds is 6. The summed E-state index contributed by atoms with van der Waals surface area (Å²) in [5, 5.41) is 25.9. The van der Waals surface area contributed by atoms with Crippen molar-refractivity contribution in [3.8, 4) is 28.7 Å². The van der Waals surface area contributed by atoms with Gasteiger partial charge in [0.2, 0.25) is 0 Å². The first-order valence-electron chi connectivity index (χ1n) is 10.2. The lowest BCUT2D eigenvalue weighted by atomic mass is 10.1. The minimum absolute atomic E-state index is 0.197. The largest absolute Gasteiger partial charge is 0.367 e. The van der Waals surface area contributed by atoms with Crippen molar-refractivity contribution in [2.45, 2.75) is 6.42 Å². The number of nitriles is 1. The summed E-state index contributed by atoms with van der Waals surface area (Å²) in [6, 6.07) is 11.6. The molecule has 2 N–H and O–H groups in total. The summed E-state index contributed by atoms with van der Waals surface area (Å²) in [5.74, 6) is 0.409. The molecule has 0 saturated heterocycles. The SMILES string of the molecule is Cn1ccc(-c2nc(NCCc3ccncc3)c(C#N)nc2-c2cc(Cl)c3[nH]ncc3c2)n1. The fraction of sp³-hybridized carbons (Fsp3) is 0.130. The van der Waals surface area contributed by atoms with Gasteiger partial charge in [0.1, 0.15) is 23.2 Å². The van der Waals surface area contributed by atoms with Gasteiger partial charge in [-0.3, -0.25) is 14.8 Å². The third-order valence-electron chi connectivity index (χ3n) is 5.19. The highest BCUT2D eigenvalue weighted by molar-refractivity contribution is 6.35. The van der Waals surface area contributed by atoms with E-state index in [1.54, 1.807) is 29.3 Å².